The molecule has 0 aliphatic carbocycles. The van der Waals surface area contributed by atoms with Gasteiger partial charge in [0.2, 0.25) is 0 Å². The zero-order valence-corrected chi connectivity index (χ0v) is 23.1. The molecule has 0 aliphatic rings. The average Bonchev–Trinajstić information content (AvgIpc) is 3.45. The number of methoxy groups -OCH3 is 2. The average molecular weight is 552 g/mol. The summed E-state index contributed by atoms with van der Waals surface area (Å²) >= 11 is 6.54. The number of halogens is 1. The van der Waals surface area contributed by atoms with Crippen molar-refractivity contribution in [3.05, 3.63) is 131 Å². The quantitative estimate of drug-likeness (QED) is 0.200. The lowest BCUT2D eigenvalue weighted by Crippen LogP contribution is -2.28. The minimum absolute atomic E-state index is 0.148. The van der Waals surface area contributed by atoms with E-state index in [9.17, 15) is 4.79 Å². The third kappa shape index (κ3) is 5.87. The van der Waals surface area contributed by atoms with E-state index in [0.717, 1.165) is 12.0 Å². The summed E-state index contributed by atoms with van der Waals surface area (Å²) in [6, 6.07) is 35.3. The molecular formula is C33H30ClN3O3. The highest BCUT2D eigenvalue weighted by Gasteiger charge is 2.22. The maximum atomic E-state index is 13.6. The zero-order chi connectivity index (χ0) is 27.9. The highest BCUT2D eigenvalue weighted by atomic mass is 35.5. The Labute approximate surface area is 239 Å². The summed E-state index contributed by atoms with van der Waals surface area (Å²) in [5.41, 5.74) is 4.71. The number of carbonyl (C=O) groups is 1. The van der Waals surface area contributed by atoms with Gasteiger partial charge in [0.05, 0.1) is 30.6 Å². The van der Waals surface area contributed by atoms with Gasteiger partial charge in [-0.05, 0) is 47.9 Å². The Morgan fingerprint density at radius 2 is 1.50 bits per heavy atom. The first-order valence-corrected chi connectivity index (χ1v) is 13.4. The summed E-state index contributed by atoms with van der Waals surface area (Å²) < 4.78 is 12.5. The monoisotopic (exact) mass is 551 g/mol. The Hall–Kier alpha value is -4.55. The van der Waals surface area contributed by atoms with E-state index in [-0.39, 0.29) is 11.8 Å². The highest BCUT2D eigenvalue weighted by Crippen LogP contribution is 2.34. The van der Waals surface area contributed by atoms with Crippen molar-refractivity contribution in [1.29, 1.82) is 0 Å². The third-order valence-corrected chi connectivity index (χ3v) is 7.15. The summed E-state index contributed by atoms with van der Waals surface area (Å²) in [6.07, 6.45) is 0.735. The number of carbonyl (C=O) groups excluding carboxylic acids is 1. The van der Waals surface area contributed by atoms with E-state index in [1.54, 1.807) is 37.1 Å². The van der Waals surface area contributed by atoms with Crippen molar-refractivity contribution in [3.63, 3.8) is 0 Å². The molecule has 40 heavy (non-hydrogen) atoms. The van der Waals surface area contributed by atoms with Crippen molar-refractivity contribution >= 4 is 17.5 Å². The largest absolute Gasteiger partial charge is 0.497 e. The van der Waals surface area contributed by atoms with Gasteiger partial charge in [-0.3, -0.25) is 4.79 Å². The Bertz CT molecular complexity index is 1550. The lowest BCUT2D eigenvalue weighted by atomic mass is 9.88. The van der Waals surface area contributed by atoms with Gasteiger partial charge >= 0.3 is 0 Å². The van der Waals surface area contributed by atoms with Crippen LogP contribution >= 0.6 is 11.6 Å². The van der Waals surface area contributed by atoms with Crippen molar-refractivity contribution in [2.24, 2.45) is 0 Å². The molecule has 5 aromatic rings. The zero-order valence-electron chi connectivity index (χ0n) is 22.4. The smallest absolute Gasteiger partial charge is 0.270 e. The fraction of sp³-hybridized carbons (Fsp3) is 0.152. The molecule has 1 N–H and O–H groups in total. The van der Waals surface area contributed by atoms with Crippen LogP contribution in [0, 0.1) is 0 Å². The SMILES string of the molecule is COc1ccc(-c2cc(C(=O)NCCC(c3ccccc3)c3ccccc3)n(-c3ccccc3Cl)n2)c(OC)c1. The lowest BCUT2D eigenvalue weighted by Gasteiger charge is -2.18. The first-order chi connectivity index (χ1) is 19.6. The first-order valence-electron chi connectivity index (χ1n) is 13.0. The molecule has 0 spiro atoms. The molecule has 0 atom stereocenters. The van der Waals surface area contributed by atoms with Gasteiger partial charge in [-0.2, -0.15) is 5.10 Å². The molecule has 4 aromatic carbocycles. The molecule has 0 radical (unpaired) electrons. The Kier molecular flexibility index (Phi) is 8.47. The summed E-state index contributed by atoms with van der Waals surface area (Å²) in [5.74, 6) is 1.15. The molecule has 1 amide bonds. The first kappa shape index (κ1) is 27.0. The number of amides is 1. The molecule has 5 rings (SSSR count). The van der Waals surface area contributed by atoms with Crippen LogP contribution in [0.2, 0.25) is 5.02 Å². The van der Waals surface area contributed by atoms with E-state index in [1.165, 1.54) is 11.1 Å². The van der Waals surface area contributed by atoms with E-state index in [1.807, 2.05) is 66.7 Å². The number of rotatable bonds is 10. The molecule has 6 nitrogen and oxygen atoms in total. The van der Waals surface area contributed by atoms with E-state index in [0.29, 0.717) is 40.1 Å². The molecule has 0 unspecified atom stereocenters. The molecule has 0 bridgehead atoms. The van der Waals surface area contributed by atoms with Crippen molar-refractivity contribution in [2.45, 2.75) is 12.3 Å². The van der Waals surface area contributed by atoms with Crippen LogP contribution in [-0.4, -0.2) is 36.5 Å². The minimum atomic E-state index is -0.244. The van der Waals surface area contributed by atoms with E-state index in [2.05, 4.69) is 29.6 Å². The fourth-order valence-electron chi connectivity index (χ4n) is 4.81. The molecule has 0 fully saturated rings. The number of benzene rings is 4. The standard InChI is InChI=1S/C33H30ClN3O3/c1-39-25-17-18-27(32(21-25)40-2)29-22-31(37(36-29)30-16-10-9-15-28(30)34)33(38)35-20-19-26(23-11-5-3-6-12-23)24-13-7-4-8-14-24/h3-18,21-22,26H,19-20H2,1-2H3,(H,35,38). The minimum Gasteiger partial charge on any atom is -0.497 e. The molecule has 0 aliphatic heterocycles. The second-order valence-electron chi connectivity index (χ2n) is 9.26. The van der Waals surface area contributed by atoms with E-state index < -0.39 is 0 Å². The van der Waals surface area contributed by atoms with E-state index in [4.69, 9.17) is 26.2 Å². The van der Waals surface area contributed by atoms with Crippen molar-refractivity contribution in [3.8, 4) is 28.4 Å². The second kappa shape index (κ2) is 12.5. The molecule has 0 saturated carbocycles. The molecule has 7 heteroatoms. The van der Waals surface area contributed by atoms with Crippen LogP contribution in [-0.2, 0) is 0 Å². The second-order valence-corrected chi connectivity index (χ2v) is 9.67. The van der Waals surface area contributed by atoms with Gasteiger partial charge in [0.25, 0.3) is 5.91 Å². The number of hydrogen-bond donors (Lipinski definition) is 1. The fourth-order valence-corrected chi connectivity index (χ4v) is 5.02. The van der Waals surface area contributed by atoms with Crippen LogP contribution in [0.5, 0.6) is 11.5 Å². The number of aromatic nitrogens is 2. The van der Waals surface area contributed by atoms with Crippen molar-refractivity contribution < 1.29 is 14.3 Å². The van der Waals surface area contributed by atoms with Crippen LogP contribution < -0.4 is 14.8 Å². The Balaban J connectivity index is 1.44. The molecule has 1 heterocycles. The summed E-state index contributed by atoms with van der Waals surface area (Å²) in [6.45, 7) is 0.474. The number of para-hydroxylation sites is 1. The van der Waals surface area contributed by atoms with Gasteiger partial charge in [-0.1, -0.05) is 84.4 Å². The number of nitrogens with zero attached hydrogens (tertiary/aromatic N) is 2. The number of ether oxygens (including phenoxy) is 2. The van der Waals surface area contributed by atoms with Crippen LogP contribution in [0.3, 0.4) is 0 Å². The van der Waals surface area contributed by atoms with Gasteiger partial charge in [-0.25, -0.2) is 4.68 Å². The summed E-state index contributed by atoms with van der Waals surface area (Å²) in [5, 5.41) is 8.39. The lowest BCUT2D eigenvalue weighted by molar-refractivity contribution is 0.0945. The van der Waals surface area contributed by atoms with Gasteiger partial charge in [0.1, 0.15) is 17.2 Å². The van der Waals surface area contributed by atoms with Crippen LogP contribution in [0.1, 0.15) is 34.0 Å². The Morgan fingerprint density at radius 1 is 0.850 bits per heavy atom. The normalized spacial score (nSPS) is 10.9. The van der Waals surface area contributed by atoms with Gasteiger partial charge < -0.3 is 14.8 Å². The number of hydrogen-bond acceptors (Lipinski definition) is 4. The van der Waals surface area contributed by atoms with Gasteiger partial charge in [0, 0.05) is 24.1 Å². The number of nitrogens with one attached hydrogen (secondary N) is 1. The van der Waals surface area contributed by atoms with Gasteiger partial charge in [-0.15, -0.1) is 0 Å². The maximum absolute atomic E-state index is 13.6. The van der Waals surface area contributed by atoms with Crippen molar-refractivity contribution in [1.82, 2.24) is 15.1 Å². The Morgan fingerprint density at radius 3 is 2.12 bits per heavy atom. The molecule has 0 saturated heterocycles. The van der Waals surface area contributed by atoms with Crippen LogP contribution in [0.25, 0.3) is 16.9 Å². The van der Waals surface area contributed by atoms with Crippen LogP contribution in [0.4, 0.5) is 0 Å². The molecular weight excluding hydrogens is 522 g/mol. The topological polar surface area (TPSA) is 65.4 Å². The van der Waals surface area contributed by atoms with Gasteiger partial charge in [0.15, 0.2) is 0 Å². The predicted octanol–water partition coefficient (Wildman–Crippen LogP) is 7.16. The predicted molar refractivity (Wildman–Crippen MR) is 159 cm³/mol. The molecule has 1 aromatic heterocycles. The van der Waals surface area contributed by atoms with E-state index >= 15 is 0 Å². The highest BCUT2D eigenvalue weighted by molar-refractivity contribution is 6.32. The van der Waals surface area contributed by atoms with Crippen molar-refractivity contribution in [2.75, 3.05) is 20.8 Å². The van der Waals surface area contributed by atoms with Crippen LogP contribution in [0.15, 0.2) is 109 Å². The summed E-state index contributed by atoms with van der Waals surface area (Å²) in [7, 11) is 3.19. The third-order valence-electron chi connectivity index (χ3n) is 6.83. The summed E-state index contributed by atoms with van der Waals surface area (Å²) in [4.78, 5) is 13.6. The maximum Gasteiger partial charge on any atom is 0.270 e. The molecule has 202 valence electrons.